The van der Waals surface area contributed by atoms with Crippen molar-refractivity contribution in [2.45, 2.75) is 91.1 Å². The number of unbranched alkanes of at least 4 members (excludes halogenated alkanes) is 3. The van der Waals surface area contributed by atoms with E-state index >= 15 is 0 Å². The smallest absolute Gasteiger partial charge is 0.330 e. The fourth-order valence-electron chi connectivity index (χ4n) is 4.44. The number of nitrogens with one attached hydrogen (secondary N) is 2. The first-order valence-corrected chi connectivity index (χ1v) is 12.7. The van der Waals surface area contributed by atoms with E-state index in [1.54, 1.807) is 4.57 Å². The third-order valence-corrected chi connectivity index (χ3v) is 6.36. The maximum absolute atomic E-state index is 12.7. The first-order chi connectivity index (χ1) is 16.5. The molecule has 0 radical (unpaired) electrons. The summed E-state index contributed by atoms with van der Waals surface area (Å²) < 4.78 is 3.43. The Labute approximate surface area is 199 Å². The molecule has 3 heterocycles. The van der Waals surface area contributed by atoms with Crippen LogP contribution in [0.5, 0.6) is 0 Å². The Morgan fingerprint density at radius 1 is 1.00 bits per heavy atom. The number of likely N-dealkylation sites (tertiary alicyclic amines) is 1. The van der Waals surface area contributed by atoms with Crippen LogP contribution in [0.1, 0.15) is 77.5 Å². The summed E-state index contributed by atoms with van der Waals surface area (Å²) in [5, 5.41) is 2.92. The van der Waals surface area contributed by atoms with Crippen molar-refractivity contribution in [3.63, 3.8) is 0 Å². The van der Waals surface area contributed by atoms with Gasteiger partial charge in [-0.25, -0.2) is 9.78 Å². The fraction of sp³-hybridized carbons (Fsp3) is 0.708. The summed E-state index contributed by atoms with van der Waals surface area (Å²) >= 11 is 0. The lowest BCUT2D eigenvalue weighted by atomic mass is 10.2. The molecular formula is C24H38N6O4. The highest BCUT2D eigenvalue weighted by molar-refractivity contribution is 5.78. The molecule has 0 aromatic carbocycles. The van der Waals surface area contributed by atoms with Crippen LogP contribution < -0.4 is 16.6 Å². The van der Waals surface area contributed by atoms with Crippen LogP contribution >= 0.6 is 0 Å². The van der Waals surface area contributed by atoms with Gasteiger partial charge in [-0.2, -0.15) is 0 Å². The van der Waals surface area contributed by atoms with Gasteiger partial charge in [-0.3, -0.25) is 23.9 Å². The molecule has 0 unspecified atom stereocenters. The zero-order valence-corrected chi connectivity index (χ0v) is 20.5. The van der Waals surface area contributed by atoms with Gasteiger partial charge in [0.15, 0.2) is 11.2 Å². The lowest BCUT2D eigenvalue weighted by Crippen LogP contribution is -2.31. The molecule has 2 N–H and O–H groups in total. The molecule has 10 heteroatoms. The molecule has 2 amide bonds. The zero-order chi connectivity index (χ0) is 24.5. The van der Waals surface area contributed by atoms with Crippen LogP contribution in [0.3, 0.4) is 0 Å². The number of hydrogen-bond donors (Lipinski definition) is 2. The highest BCUT2D eigenvalue weighted by atomic mass is 16.2. The standard InChI is InChI=1S/C24H38N6O4/c1-3-5-7-17-29-18(11-12-19(31)25-13-9-15-28-14-8-10-20(28)32)26-22-21(29)23(33)27-24(34)30(22)16-6-4-2/h3-17H2,1-2H3,(H,25,31)(H,27,33,34). The fourth-order valence-corrected chi connectivity index (χ4v) is 4.44. The summed E-state index contributed by atoms with van der Waals surface area (Å²) in [6.45, 7) is 7.28. The van der Waals surface area contributed by atoms with Crippen molar-refractivity contribution in [2.24, 2.45) is 0 Å². The maximum atomic E-state index is 12.7. The van der Waals surface area contributed by atoms with Gasteiger partial charge in [-0.05, 0) is 25.7 Å². The molecule has 1 aliphatic heterocycles. The molecule has 0 bridgehead atoms. The van der Waals surface area contributed by atoms with E-state index < -0.39 is 11.2 Å². The number of rotatable bonds is 14. The number of nitrogens with zero attached hydrogens (tertiary/aromatic N) is 4. The number of amides is 2. The molecule has 1 saturated heterocycles. The summed E-state index contributed by atoms with van der Waals surface area (Å²) in [5.41, 5.74) is -0.0456. The molecule has 0 spiro atoms. The molecule has 1 fully saturated rings. The second-order valence-electron chi connectivity index (χ2n) is 9.01. The Hall–Kier alpha value is -2.91. The highest BCUT2D eigenvalue weighted by Gasteiger charge is 2.20. The van der Waals surface area contributed by atoms with Crippen molar-refractivity contribution in [1.82, 2.24) is 29.3 Å². The molecule has 0 atom stereocenters. The molecule has 1 aliphatic rings. The van der Waals surface area contributed by atoms with Gasteiger partial charge in [0, 0.05) is 52.0 Å². The van der Waals surface area contributed by atoms with Gasteiger partial charge < -0.3 is 14.8 Å². The zero-order valence-electron chi connectivity index (χ0n) is 20.5. The van der Waals surface area contributed by atoms with Crippen LogP contribution in [0.25, 0.3) is 11.2 Å². The largest absolute Gasteiger partial charge is 0.356 e. The number of carbonyl (C=O) groups is 2. The maximum Gasteiger partial charge on any atom is 0.330 e. The van der Waals surface area contributed by atoms with Gasteiger partial charge >= 0.3 is 5.69 Å². The van der Waals surface area contributed by atoms with Crippen LogP contribution in [0.2, 0.25) is 0 Å². The quantitative estimate of drug-likeness (QED) is 0.405. The Morgan fingerprint density at radius 2 is 1.76 bits per heavy atom. The number of fused-ring (bicyclic) bond motifs is 1. The molecule has 3 rings (SSSR count). The van der Waals surface area contributed by atoms with E-state index in [1.807, 2.05) is 16.4 Å². The first kappa shape index (κ1) is 25.7. The highest BCUT2D eigenvalue weighted by Crippen LogP contribution is 2.15. The predicted molar refractivity (Wildman–Crippen MR) is 131 cm³/mol. The van der Waals surface area contributed by atoms with Gasteiger partial charge in [0.2, 0.25) is 11.8 Å². The van der Waals surface area contributed by atoms with Gasteiger partial charge in [-0.15, -0.1) is 0 Å². The summed E-state index contributed by atoms with van der Waals surface area (Å²) in [6.07, 6.45) is 7.59. The molecule has 2 aromatic rings. The SMILES string of the molecule is CCCCCn1c(CCC(=O)NCCCN2CCCC2=O)nc2c1c(=O)[nH]c(=O)n2CCCC. The Morgan fingerprint density at radius 3 is 2.47 bits per heavy atom. The van der Waals surface area contributed by atoms with E-state index in [4.69, 9.17) is 0 Å². The van der Waals surface area contributed by atoms with Crippen molar-refractivity contribution < 1.29 is 9.59 Å². The van der Waals surface area contributed by atoms with Crippen LogP contribution in [-0.4, -0.2) is 55.5 Å². The number of carbonyl (C=O) groups excluding carboxylic acids is 2. The molecule has 2 aromatic heterocycles. The number of H-pyrrole nitrogens is 1. The lowest BCUT2D eigenvalue weighted by Gasteiger charge is -2.15. The second-order valence-corrected chi connectivity index (χ2v) is 9.01. The first-order valence-electron chi connectivity index (χ1n) is 12.7. The number of aromatic amines is 1. The van der Waals surface area contributed by atoms with Crippen molar-refractivity contribution in [1.29, 1.82) is 0 Å². The summed E-state index contributed by atoms with van der Waals surface area (Å²) in [5.74, 6) is 0.767. The minimum Gasteiger partial charge on any atom is -0.356 e. The van der Waals surface area contributed by atoms with Crippen LogP contribution in [-0.2, 0) is 29.1 Å². The molecular weight excluding hydrogens is 436 g/mol. The number of aryl methyl sites for hydroxylation is 3. The van der Waals surface area contributed by atoms with E-state index in [2.05, 4.69) is 22.2 Å². The monoisotopic (exact) mass is 474 g/mol. The number of hydrogen-bond acceptors (Lipinski definition) is 5. The van der Waals surface area contributed by atoms with Gasteiger partial charge in [-0.1, -0.05) is 33.1 Å². The van der Waals surface area contributed by atoms with E-state index in [-0.39, 0.29) is 18.2 Å². The lowest BCUT2D eigenvalue weighted by molar-refractivity contribution is -0.127. The summed E-state index contributed by atoms with van der Waals surface area (Å²) in [6, 6.07) is 0. The minimum absolute atomic E-state index is 0.0859. The average Bonchev–Trinajstić information content (AvgIpc) is 3.39. The summed E-state index contributed by atoms with van der Waals surface area (Å²) in [4.78, 5) is 58.2. The number of imidazole rings is 1. The topological polar surface area (TPSA) is 122 Å². The summed E-state index contributed by atoms with van der Waals surface area (Å²) in [7, 11) is 0. The van der Waals surface area contributed by atoms with Gasteiger partial charge in [0.05, 0.1) is 0 Å². The molecule has 0 aliphatic carbocycles. The van der Waals surface area contributed by atoms with Crippen molar-refractivity contribution in [3.8, 4) is 0 Å². The van der Waals surface area contributed by atoms with Crippen molar-refractivity contribution in [2.75, 3.05) is 19.6 Å². The van der Waals surface area contributed by atoms with E-state index in [1.165, 1.54) is 0 Å². The average molecular weight is 475 g/mol. The van der Waals surface area contributed by atoms with Crippen LogP contribution in [0.4, 0.5) is 0 Å². The Bertz CT molecular complexity index is 1100. The second kappa shape index (κ2) is 12.5. The van der Waals surface area contributed by atoms with Gasteiger partial charge in [0.1, 0.15) is 5.82 Å². The van der Waals surface area contributed by atoms with Crippen LogP contribution in [0, 0.1) is 0 Å². The van der Waals surface area contributed by atoms with Crippen molar-refractivity contribution in [3.05, 3.63) is 26.7 Å². The minimum atomic E-state index is -0.440. The van der Waals surface area contributed by atoms with E-state index in [0.29, 0.717) is 56.0 Å². The molecule has 188 valence electrons. The third-order valence-electron chi connectivity index (χ3n) is 6.36. The molecule has 34 heavy (non-hydrogen) atoms. The van der Waals surface area contributed by atoms with E-state index in [9.17, 15) is 19.2 Å². The number of aromatic nitrogens is 4. The van der Waals surface area contributed by atoms with Crippen molar-refractivity contribution >= 4 is 23.0 Å². The normalized spacial score (nSPS) is 13.8. The third kappa shape index (κ3) is 6.36. The predicted octanol–water partition coefficient (Wildman–Crippen LogP) is 1.94. The molecule has 0 saturated carbocycles. The Kier molecular flexibility index (Phi) is 9.47. The Balaban J connectivity index is 1.69. The van der Waals surface area contributed by atoms with Crippen LogP contribution in [0.15, 0.2) is 9.59 Å². The van der Waals surface area contributed by atoms with Gasteiger partial charge in [0.25, 0.3) is 5.56 Å². The molecule has 10 nitrogen and oxygen atoms in total. The van der Waals surface area contributed by atoms with E-state index in [0.717, 1.165) is 51.5 Å².